The number of nitrogens with one attached hydrogen (secondary N) is 2. The van der Waals surface area contributed by atoms with E-state index in [2.05, 4.69) is 10.6 Å². The average molecular weight is 312 g/mol. The van der Waals surface area contributed by atoms with Gasteiger partial charge in [0, 0.05) is 18.2 Å². The summed E-state index contributed by atoms with van der Waals surface area (Å²) in [4.78, 5) is 22.1. The summed E-state index contributed by atoms with van der Waals surface area (Å²) in [7, 11) is 0. The van der Waals surface area contributed by atoms with Crippen LogP contribution in [0.3, 0.4) is 0 Å². The Morgan fingerprint density at radius 3 is 2.81 bits per heavy atom. The topological polar surface area (TPSA) is 84.3 Å². The molecular formula is C14H18ClN3O3. The van der Waals surface area contributed by atoms with Gasteiger partial charge in [-0.05, 0) is 50.4 Å². The molecular weight excluding hydrogens is 294 g/mol. The second-order valence-electron chi connectivity index (χ2n) is 5.20. The van der Waals surface area contributed by atoms with Crippen molar-refractivity contribution in [3.05, 3.63) is 33.3 Å². The highest BCUT2D eigenvalue weighted by Gasteiger charge is 2.16. The number of anilines is 1. The Balaban J connectivity index is 1.87. The number of carbonyl (C=O) groups excluding carboxylic acids is 1. The standard InChI is InChI=1S/C14H18ClN3O3/c15-12-3-2-11(9-13(12)18(20)21)17-14(19)4-1-10-5-7-16-8-6-10/h2-3,9-10,16H,1,4-8H2,(H,17,19). The van der Waals surface area contributed by atoms with Gasteiger partial charge in [0.25, 0.3) is 5.69 Å². The van der Waals surface area contributed by atoms with Crippen molar-refractivity contribution in [1.29, 1.82) is 0 Å². The van der Waals surface area contributed by atoms with Crippen molar-refractivity contribution in [2.45, 2.75) is 25.7 Å². The number of nitro groups is 1. The Bertz CT molecular complexity index is 530. The predicted octanol–water partition coefficient (Wildman–Crippen LogP) is 2.97. The number of hydrogen-bond acceptors (Lipinski definition) is 4. The van der Waals surface area contributed by atoms with E-state index in [9.17, 15) is 14.9 Å². The van der Waals surface area contributed by atoms with Crippen molar-refractivity contribution in [2.24, 2.45) is 5.92 Å². The Morgan fingerprint density at radius 2 is 2.14 bits per heavy atom. The van der Waals surface area contributed by atoms with Crippen molar-refractivity contribution in [3.63, 3.8) is 0 Å². The molecule has 0 radical (unpaired) electrons. The summed E-state index contributed by atoms with van der Waals surface area (Å²) in [6.07, 6.45) is 3.48. The minimum absolute atomic E-state index is 0.0627. The lowest BCUT2D eigenvalue weighted by molar-refractivity contribution is -0.384. The quantitative estimate of drug-likeness (QED) is 0.646. The fourth-order valence-electron chi connectivity index (χ4n) is 2.46. The van der Waals surface area contributed by atoms with E-state index >= 15 is 0 Å². The van der Waals surface area contributed by atoms with Gasteiger partial charge in [-0.25, -0.2) is 0 Å². The third-order valence-electron chi connectivity index (χ3n) is 3.66. The molecule has 1 heterocycles. The molecule has 6 nitrogen and oxygen atoms in total. The van der Waals surface area contributed by atoms with Gasteiger partial charge >= 0.3 is 0 Å². The first-order chi connectivity index (χ1) is 10.1. The fraction of sp³-hybridized carbons (Fsp3) is 0.500. The molecule has 0 bridgehead atoms. The van der Waals surface area contributed by atoms with E-state index in [-0.39, 0.29) is 16.6 Å². The lowest BCUT2D eigenvalue weighted by Crippen LogP contribution is -2.28. The molecule has 1 aromatic carbocycles. The zero-order valence-electron chi connectivity index (χ0n) is 11.6. The van der Waals surface area contributed by atoms with E-state index < -0.39 is 4.92 Å². The van der Waals surface area contributed by atoms with E-state index in [0.717, 1.165) is 32.4 Å². The summed E-state index contributed by atoms with van der Waals surface area (Å²) in [6, 6.07) is 4.27. The summed E-state index contributed by atoms with van der Waals surface area (Å²) >= 11 is 5.73. The molecule has 0 spiro atoms. The zero-order chi connectivity index (χ0) is 15.2. The Labute approximate surface area is 128 Å². The first-order valence-electron chi connectivity index (χ1n) is 7.01. The minimum Gasteiger partial charge on any atom is -0.326 e. The number of carbonyl (C=O) groups is 1. The molecule has 1 aliphatic heterocycles. The Kier molecular flexibility index (Phi) is 5.52. The largest absolute Gasteiger partial charge is 0.326 e. The number of rotatable bonds is 5. The molecule has 0 atom stereocenters. The molecule has 2 N–H and O–H groups in total. The van der Waals surface area contributed by atoms with E-state index in [1.54, 1.807) is 6.07 Å². The van der Waals surface area contributed by atoms with E-state index in [1.807, 2.05) is 0 Å². The van der Waals surface area contributed by atoms with E-state index in [4.69, 9.17) is 11.6 Å². The second-order valence-corrected chi connectivity index (χ2v) is 5.61. The Hall–Kier alpha value is -1.66. The molecule has 114 valence electrons. The van der Waals surface area contributed by atoms with Gasteiger partial charge in [-0.15, -0.1) is 0 Å². The van der Waals surface area contributed by atoms with Crippen LogP contribution in [0.2, 0.25) is 5.02 Å². The lowest BCUT2D eigenvalue weighted by Gasteiger charge is -2.22. The smallest absolute Gasteiger partial charge is 0.289 e. The van der Waals surface area contributed by atoms with Gasteiger partial charge in [0.2, 0.25) is 5.91 Å². The molecule has 0 saturated carbocycles. The monoisotopic (exact) mass is 311 g/mol. The van der Waals surface area contributed by atoms with Crippen molar-refractivity contribution in [1.82, 2.24) is 5.32 Å². The van der Waals surface area contributed by atoms with Gasteiger partial charge in [-0.3, -0.25) is 14.9 Å². The van der Waals surface area contributed by atoms with Crippen LogP contribution in [0.15, 0.2) is 18.2 Å². The van der Waals surface area contributed by atoms with Crippen LogP contribution in [-0.2, 0) is 4.79 Å². The molecule has 21 heavy (non-hydrogen) atoms. The molecule has 1 fully saturated rings. The number of benzene rings is 1. The van der Waals surface area contributed by atoms with Gasteiger partial charge in [0.05, 0.1) is 4.92 Å². The van der Waals surface area contributed by atoms with Gasteiger partial charge in [-0.1, -0.05) is 11.6 Å². The summed E-state index contributed by atoms with van der Waals surface area (Å²) in [5.74, 6) is 0.460. The molecule has 1 amide bonds. The molecule has 1 saturated heterocycles. The first-order valence-corrected chi connectivity index (χ1v) is 7.38. The number of nitro benzene ring substituents is 1. The molecule has 0 aliphatic carbocycles. The van der Waals surface area contributed by atoms with Crippen LogP contribution in [0.5, 0.6) is 0 Å². The predicted molar refractivity (Wildman–Crippen MR) is 81.6 cm³/mol. The van der Waals surface area contributed by atoms with Crippen molar-refractivity contribution >= 4 is 28.9 Å². The third-order valence-corrected chi connectivity index (χ3v) is 3.98. The van der Waals surface area contributed by atoms with Crippen LogP contribution in [0.25, 0.3) is 0 Å². The van der Waals surface area contributed by atoms with Gasteiger partial charge in [-0.2, -0.15) is 0 Å². The maximum Gasteiger partial charge on any atom is 0.289 e. The highest BCUT2D eigenvalue weighted by atomic mass is 35.5. The second kappa shape index (κ2) is 7.38. The summed E-state index contributed by atoms with van der Waals surface area (Å²) in [6.45, 7) is 2.02. The third kappa shape index (κ3) is 4.68. The van der Waals surface area contributed by atoms with Crippen molar-refractivity contribution < 1.29 is 9.72 Å². The summed E-state index contributed by atoms with van der Waals surface area (Å²) in [5, 5.41) is 16.8. The van der Waals surface area contributed by atoms with Crippen molar-refractivity contribution in [2.75, 3.05) is 18.4 Å². The first kappa shape index (κ1) is 15.7. The normalized spacial score (nSPS) is 15.7. The number of hydrogen-bond donors (Lipinski definition) is 2. The zero-order valence-corrected chi connectivity index (χ0v) is 12.4. The lowest BCUT2D eigenvalue weighted by atomic mass is 9.93. The molecule has 0 unspecified atom stereocenters. The van der Waals surface area contributed by atoms with Gasteiger partial charge < -0.3 is 10.6 Å². The van der Waals surface area contributed by atoms with Gasteiger partial charge in [0.1, 0.15) is 5.02 Å². The number of piperidine rings is 1. The Morgan fingerprint density at radius 1 is 1.43 bits per heavy atom. The summed E-state index contributed by atoms with van der Waals surface area (Å²) in [5.41, 5.74) is 0.203. The van der Waals surface area contributed by atoms with Crippen molar-refractivity contribution in [3.8, 4) is 0 Å². The molecule has 1 aromatic rings. The fourth-order valence-corrected chi connectivity index (χ4v) is 2.65. The number of halogens is 1. The molecule has 7 heteroatoms. The SMILES string of the molecule is O=C(CCC1CCNCC1)Nc1ccc(Cl)c([N+](=O)[O-])c1. The number of nitrogens with zero attached hydrogens (tertiary/aromatic N) is 1. The maximum absolute atomic E-state index is 11.9. The van der Waals surface area contributed by atoms with Crippen LogP contribution in [0, 0.1) is 16.0 Å². The molecule has 1 aliphatic rings. The summed E-state index contributed by atoms with van der Waals surface area (Å²) < 4.78 is 0. The highest BCUT2D eigenvalue weighted by molar-refractivity contribution is 6.32. The van der Waals surface area contributed by atoms with Crippen LogP contribution in [0.1, 0.15) is 25.7 Å². The molecule has 0 aromatic heterocycles. The van der Waals surface area contributed by atoms with E-state index in [1.165, 1.54) is 12.1 Å². The van der Waals surface area contributed by atoms with Crippen LogP contribution >= 0.6 is 11.6 Å². The maximum atomic E-state index is 11.9. The minimum atomic E-state index is -0.562. The van der Waals surface area contributed by atoms with Crippen LogP contribution in [0.4, 0.5) is 11.4 Å². The van der Waals surface area contributed by atoms with Gasteiger partial charge in [0.15, 0.2) is 0 Å². The highest BCUT2D eigenvalue weighted by Crippen LogP contribution is 2.27. The number of amides is 1. The van der Waals surface area contributed by atoms with Crippen LogP contribution < -0.4 is 10.6 Å². The van der Waals surface area contributed by atoms with Crippen LogP contribution in [-0.4, -0.2) is 23.9 Å². The van der Waals surface area contributed by atoms with E-state index in [0.29, 0.717) is 18.0 Å². The average Bonchev–Trinajstić information content (AvgIpc) is 2.48. The molecule has 2 rings (SSSR count).